The number of benzene rings is 1. The molecule has 3 nitrogen and oxygen atoms in total. The third-order valence-electron chi connectivity index (χ3n) is 4.80. The molecule has 2 aromatic rings. The zero-order chi connectivity index (χ0) is 17.2. The van der Waals surface area contributed by atoms with Crippen molar-refractivity contribution in [2.24, 2.45) is 0 Å². The van der Waals surface area contributed by atoms with Crippen LogP contribution in [0.3, 0.4) is 0 Å². The highest BCUT2D eigenvalue weighted by Gasteiger charge is 2.37. The number of aliphatic hydroxyl groups is 1. The molecule has 24 heavy (non-hydrogen) atoms. The summed E-state index contributed by atoms with van der Waals surface area (Å²) in [6.07, 6.45) is 4.12. The fourth-order valence-corrected chi connectivity index (χ4v) is 4.99. The summed E-state index contributed by atoms with van der Waals surface area (Å²) in [5, 5.41) is 12.9. The molecule has 1 fully saturated rings. The van der Waals surface area contributed by atoms with E-state index in [9.17, 15) is 9.90 Å². The van der Waals surface area contributed by atoms with Crippen LogP contribution in [0.15, 0.2) is 40.9 Å². The van der Waals surface area contributed by atoms with Gasteiger partial charge < -0.3 is 10.4 Å². The van der Waals surface area contributed by atoms with E-state index in [0.717, 1.165) is 22.2 Å². The van der Waals surface area contributed by atoms with Crippen molar-refractivity contribution in [2.75, 3.05) is 6.54 Å². The standard InChI is InChI=1S/C19H22BrNO2S/c1-13(22)16-7-8-17(24-16)19(9-2-3-10-19)12-21-18(23)14-5-4-6-15(20)11-14/h4-8,11,13,22H,2-3,9-10,12H2,1H3,(H,21,23). The second kappa shape index (κ2) is 7.38. The molecule has 1 atom stereocenters. The zero-order valence-electron chi connectivity index (χ0n) is 13.7. The van der Waals surface area contributed by atoms with E-state index in [0.29, 0.717) is 12.1 Å². The van der Waals surface area contributed by atoms with Crippen molar-refractivity contribution in [3.05, 3.63) is 56.2 Å². The lowest BCUT2D eigenvalue weighted by molar-refractivity contribution is 0.0943. The lowest BCUT2D eigenvalue weighted by Crippen LogP contribution is -2.38. The summed E-state index contributed by atoms with van der Waals surface area (Å²) < 4.78 is 0.908. The van der Waals surface area contributed by atoms with Gasteiger partial charge in [-0.2, -0.15) is 0 Å². The van der Waals surface area contributed by atoms with Gasteiger partial charge in [-0.15, -0.1) is 11.3 Å². The Balaban J connectivity index is 1.75. The van der Waals surface area contributed by atoms with Gasteiger partial charge in [0.05, 0.1) is 6.10 Å². The fourth-order valence-electron chi connectivity index (χ4n) is 3.41. The van der Waals surface area contributed by atoms with Crippen molar-refractivity contribution in [3.8, 4) is 0 Å². The third kappa shape index (κ3) is 3.73. The Morgan fingerprint density at radius 3 is 2.71 bits per heavy atom. The molecule has 0 aliphatic heterocycles. The molecule has 128 valence electrons. The predicted molar refractivity (Wildman–Crippen MR) is 102 cm³/mol. The SMILES string of the molecule is CC(O)c1ccc(C2(CNC(=O)c3cccc(Br)c3)CCCC2)s1. The first-order chi connectivity index (χ1) is 11.5. The number of rotatable bonds is 5. The van der Waals surface area contributed by atoms with Crippen molar-refractivity contribution in [3.63, 3.8) is 0 Å². The van der Waals surface area contributed by atoms with Gasteiger partial charge in [0.25, 0.3) is 5.91 Å². The van der Waals surface area contributed by atoms with Gasteiger partial charge in [0.2, 0.25) is 0 Å². The summed E-state index contributed by atoms with van der Waals surface area (Å²) in [5.74, 6) is -0.0325. The van der Waals surface area contributed by atoms with Crippen LogP contribution in [0.5, 0.6) is 0 Å². The molecule has 0 radical (unpaired) electrons. The van der Waals surface area contributed by atoms with Gasteiger partial charge >= 0.3 is 0 Å². The maximum Gasteiger partial charge on any atom is 0.251 e. The summed E-state index contributed by atoms with van der Waals surface area (Å²) in [6.45, 7) is 2.45. The fraction of sp³-hybridized carbons (Fsp3) is 0.421. The molecule has 1 aliphatic rings. The minimum absolute atomic E-state index is 0.0134. The van der Waals surface area contributed by atoms with Crippen LogP contribution in [-0.4, -0.2) is 17.6 Å². The maximum absolute atomic E-state index is 12.5. The molecule has 1 aromatic carbocycles. The average Bonchev–Trinajstić information content (AvgIpc) is 3.22. The van der Waals surface area contributed by atoms with Crippen LogP contribution in [0.25, 0.3) is 0 Å². The Labute approximate surface area is 155 Å². The number of hydrogen-bond acceptors (Lipinski definition) is 3. The smallest absolute Gasteiger partial charge is 0.251 e. The molecule has 1 aliphatic carbocycles. The number of amides is 1. The average molecular weight is 408 g/mol. The first-order valence-electron chi connectivity index (χ1n) is 8.32. The number of halogens is 1. The molecular formula is C19H22BrNO2S. The Morgan fingerprint density at radius 2 is 2.08 bits per heavy atom. The summed E-state index contributed by atoms with van der Waals surface area (Å²) in [5.41, 5.74) is 0.688. The second-order valence-electron chi connectivity index (χ2n) is 6.56. The van der Waals surface area contributed by atoms with Gasteiger partial charge in [0.1, 0.15) is 0 Å². The lowest BCUT2D eigenvalue weighted by atomic mass is 9.84. The molecule has 1 amide bonds. The van der Waals surface area contributed by atoms with Crippen LogP contribution in [0.4, 0.5) is 0 Å². The van der Waals surface area contributed by atoms with E-state index in [1.807, 2.05) is 30.3 Å². The molecule has 2 N–H and O–H groups in total. The highest BCUT2D eigenvalue weighted by molar-refractivity contribution is 9.10. The molecular weight excluding hydrogens is 386 g/mol. The summed E-state index contributed by atoms with van der Waals surface area (Å²) in [4.78, 5) is 14.7. The number of carbonyl (C=O) groups is 1. The number of hydrogen-bond donors (Lipinski definition) is 2. The first kappa shape index (κ1) is 17.6. The molecule has 1 aromatic heterocycles. The molecule has 1 saturated carbocycles. The normalized spacial score (nSPS) is 17.6. The highest BCUT2D eigenvalue weighted by atomic mass is 79.9. The minimum Gasteiger partial charge on any atom is -0.388 e. The van der Waals surface area contributed by atoms with Crippen LogP contribution in [0.1, 0.15) is 58.8 Å². The zero-order valence-corrected chi connectivity index (χ0v) is 16.1. The Bertz CT molecular complexity index is 720. The van der Waals surface area contributed by atoms with E-state index in [4.69, 9.17) is 0 Å². The molecule has 0 saturated heterocycles. The number of carbonyl (C=O) groups excluding carboxylic acids is 1. The van der Waals surface area contributed by atoms with Crippen LogP contribution in [-0.2, 0) is 5.41 Å². The van der Waals surface area contributed by atoms with E-state index in [-0.39, 0.29) is 11.3 Å². The maximum atomic E-state index is 12.5. The molecule has 3 rings (SSSR count). The van der Waals surface area contributed by atoms with Gasteiger partial charge in [-0.1, -0.05) is 34.8 Å². The van der Waals surface area contributed by atoms with Gasteiger partial charge in [-0.25, -0.2) is 0 Å². The molecule has 1 heterocycles. The topological polar surface area (TPSA) is 49.3 Å². The van der Waals surface area contributed by atoms with Crippen molar-refractivity contribution < 1.29 is 9.90 Å². The summed E-state index contributed by atoms with van der Waals surface area (Å²) >= 11 is 5.09. The summed E-state index contributed by atoms with van der Waals surface area (Å²) in [6, 6.07) is 11.6. The Morgan fingerprint density at radius 1 is 1.33 bits per heavy atom. The van der Waals surface area contributed by atoms with Gasteiger partial charge in [-0.05, 0) is 50.1 Å². The van der Waals surface area contributed by atoms with E-state index < -0.39 is 6.10 Å². The van der Waals surface area contributed by atoms with Crippen LogP contribution in [0, 0.1) is 0 Å². The monoisotopic (exact) mass is 407 g/mol. The van der Waals surface area contributed by atoms with E-state index >= 15 is 0 Å². The Kier molecular flexibility index (Phi) is 5.42. The lowest BCUT2D eigenvalue weighted by Gasteiger charge is -2.28. The van der Waals surface area contributed by atoms with Crippen molar-refractivity contribution in [1.82, 2.24) is 5.32 Å². The molecule has 0 spiro atoms. The third-order valence-corrected chi connectivity index (χ3v) is 6.79. The Hall–Kier alpha value is -1.17. The highest BCUT2D eigenvalue weighted by Crippen LogP contribution is 2.44. The second-order valence-corrected chi connectivity index (χ2v) is 8.59. The quantitative estimate of drug-likeness (QED) is 0.746. The summed E-state index contributed by atoms with van der Waals surface area (Å²) in [7, 11) is 0. The van der Waals surface area contributed by atoms with Crippen molar-refractivity contribution in [2.45, 2.75) is 44.1 Å². The van der Waals surface area contributed by atoms with E-state index in [1.165, 1.54) is 17.7 Å². The number of aliphatic hydroxyl groups excluding tert-OH is 1. The van der Waals surface area contributed by atoms with Crippen molar-refractivity contribution >= 4 is 33.2 Å². The van der Waals surface area contributed by atoms with Crippen LogP contribution < -0.4 is 5.32 Å². The van der Waals surface area contributed by atoms with Gasteiger partial charge in [-0.3, -0.25) is 4.79 Å². The first-order valence-corrected chi connectivity index (χ1v) is 9.93. The van der Waals surface area contributed by atoms with Gasteiger partial charge in [0, 0.05) is 31.8 Å². The van der Waals surface area contributed by atoms with Gasteiger partial charge in [0.15, 0.2) is 0 Å². The largest absolute Gasteiger partial charge is 0.388 e. The molecule has 0 bridgehead atoms. The molecule has 5 heteroatoms. The van der Waals surface area contributed by atoms with Crippen molar-refractivity contribution in [1.29, 1.82) is 0 Å². The van der Waals surface area contributed by atoms with E-state index in [1.54, 1.807) is 18.3 Å². The van der Waals surface area contributed by atoms with Crippen LogP contribution >= 0.6 is 27.3 Å². The molecule has 1 unspecified atom stereocenters. The van der Waals surface area contributed by atoms with Crippen LogP contribution in [0.2, 0.25) is 0 Å². The number of thiophene rings is 1. The predicted octanol–water partition coefficient (Wildman–Crippen LogP) is 4.81. The number of nitrogens with one attached hydrogen (secondary N) is 1. The minimum atomic E-state index is -0.432. The van der Waals surface area contributed by atoms with E-state index in [2.05, 4.69) is 27.3 Å².